The number of ether oxygens (including phenoxy) is 1. The second kappa shape index (κ2) is 5.94. The van der Waals surface area contributed by atoms with Crippen molar-refractivity contribution in [3.05, 3.63) is 0 Å². The molecule has 13 heavy (non-hydrogen) atoms. The molecule has 0 bridgehead atoms. The lowest BCUT2D eigenvalue weighted by Gasteiger charge is -2.19. The summed E-state index contributed by atoms with van der Waals surface area (Å²) in [5.41, 5.74) is -0.409. The highest BCUT2D eigenvalue weighted by Crippen LogP contribution is 2.07. The lowest BCUT2D eigenvalue weighted by molar-refractivity contribution is -0.154. The van der Waals surface area contributed by atoms with Crippen molar-refractivity contribution in [2.75, 3.05) is 19.7 Å². The van der Waals surface area contributed by atoms with Crippen LogP contribution in [0.2, 0.25) is 0 Å². The van der Waals surface area contributed by atoms with Crippen LogP contribution in [0.1, 0.15) is 27.2 Å². The number of carbonyl (C=O) groups is 1. The molecule has 0 aliphatic rings. The Labute approximate surface area is 79.3 Å². The first-order chi connectivity index (χ1) is 5.95. The summed E-state index contributed by atoms with van der Waals surface area (Å²) in [6.07, 6.45) is 0.345. The van der Waals surface area contributed by atoms with Crippen LogP contribution in [-0.4, -0.2) is 36.4 Å². The van der Waals surface area contributed by atoms with Crippen molar-refractivity contribution in [1.29, 1.82) is 0 Å². The maximum absolute atomic E-state index is 11.1. The van der Waals surface area contributed by atoms with Crippen LogP contribution in [0.15, 0.2) is 0 Å². The zero-order chi connectivity index (χ0) is 10.3. The van der Waals surface area contributed by atoms with E-state index in [0.717, 1.165) is 0 Å². The number of hydrogen-bond donors (Lipinski definition) is 2. The van der Waals surface area contributed by atoms with E-state index in [1.807, 2.05) is 20.8 Å². The molecule has 0 saturated heterocycles. The van der Waals surface area contributed by atoms with Gasteiger partial charge in [-0.15, -0.1) is 0 Å². The molecule has 78 valence electrons. The Balaban J connectivity index is 3.41. The van der Waals surface area contributed by atoms with Crippen molar-refractivity contribution in [2.45, 2.75) is 32.8 Å². The van der Waals surface area contributed by atoms with Gasteiger partial charge in [-0.2, -0.15) is 0 Å². The van der Waals surface area contributed by atoms with Gasteiger partial charge in [-0.05, 0) is 20.8 Å². The average molecular weight is 189 g/mol. The fraction of sp³-hybridized carbons (Fsp3) is 0.889. The van der Waals surface area contributed by atoms with Crippen LogP contribution in [0.5, 0.6) is 0 Å². The summed E-state index contributed by atoms with van der Waals surface area (Å²) in [4.78, 5) is 11.1. The Bertz CT molecular complexity index is 151. The van der Waals surface area contributed by atoms with Crippen LogP contribution in [-0.2, 0) is 9.53 Å². The molecule has 4 nitrogen and oxygen atoms in total. The summed E-state index contributed by atoms with van der Waals surface area (Å²) in [6, 6.07) is 0. The first-order valence-electron chi connectivity index (χ1n) is 4.49. The van der Waals surface area contributed by atoms with Crippen LogP contribution in [0.4, 0.5) is 0 Å². The third kappa shape index (κ3) is 9.30. The molecular formula is C9H19NO3. The third-order valence-corrected chi connectivity index (χ3v) is 1.21. The van der Waals surface area contributed by atoms with E-state index in [1.54, 1.807) is 0 Å². The molecule has 0 aromatic rings. The third-order valence-electron chi connectivity index (χ3n) is 1.21. The largest absolute Gasteiger partial charge is 0.460 e. The highest BCUT2D eigenvalue weighted by Gasteiger charge is 2.15. The molecule has 0 amide bonds. The van der Waals surface area contributed by atoms with Gasteiger partial charge in [-0.3, -0.25) is 4.79 Å². The van der Waals surface area contributed by atoms with E-state index in [4.69, 9.17) is 9.84 Å². The topological polar surface area (TPSA) is 58.6 Å². The van der Waals surface area contributed by atoms with E-state index in [0.29, 0.717) is 19.5 Å². The number of aliphatic hydroxyl groups excluding tert-OH is 1. The SMILES string of the molecule is CC(C)(C)OC(=O)CCNCCO. The fourth-order valence-corrected chi connectivity index (χ4v) is 0.787. The van der Waals surface area contributed by atoms with Crippen LogP contribution in [0, 0.1) is 0 Å². The minimum atomic E-state index is -0.409. The van der Waals surface area contributed by atoms with E-state index in [9.17, 15) is 4.79 Å². The van der Waals surface area contributed by atoms with Crippen molar-refractivity contribution in [3.63, 3.8) is 0 Å². The van der Waals surface area contributed by atoms with Crippen molar-refractivity contribution in [1.82, 2.24) is 5.32 Å². The molecule has 0 atom stereocenters. The molecule has 0 radical (unpaired) electrons. The van der Waals surface area contributed by atoms with Gasteiger partial charge in [0.25, 0.3) is 0 Å². The predicted molar refractivity (Wildman–Crippen MR) is 50.4 cm³/mol. The fourth-order valence-electron chi connectivity index (χ4n) is 0.787. The molecule has 0 aromatic carbocycles. The average Bonchev–Trinajstić information content (AvgIpc) is 1.94. The smallest absolute Gasteiger partial charge is 0.307 e. The summed E-state index contributed by atoms with van der Waals surface area (Å²) < 4.78 is 5.08. The summed E-state index contributed by atoms with van der Waals surface area (Å²) in [5, 5.41) is 11.3. The maximum atomic E-state index is 11.1. The molecule has 0 aliphatic carbocycles. The van der Waals surface area contributed by atoms with Crippen molar-refractivity contribution >= 4 is 5.97 Å². The van der Waals surface area contributed by atoms with E-state index < -0.39 is 5.60 Å². The molecule has 0 heterocycles. The number of carbonyl (C=O) groups excluding carboxylic acids is 1. The monoisotopic (exact) mass is 189 g/mol. The predicted octanol–water partition coefficient (Wildman–Crippen LogP) is 0.300. The lowest BCUT2D eigenvalue weighted by Crippen LogP contribution is -2.27. The summed E-state index contributed by atoms with van der Waals surface area (Å²) in [7, 11) is 0. The quantitative estimate of drug-likeness (QED) is 0.482. The van der Waals surface area contributed by atoms with E-state index in [1.165, 1.54) is 0 Å². The van der Waals surface area contributed by atoms with Gasteiger partial charge in [0.15, 0.2) is 0 Å². The highest BCUT2D eigenvalue weighted by molar-refractivity contribution is 5.70. The van der Waals surface area contributed by atoms with Crippen LogP contribution >= 0.6 is 0 Å². The van der Waals surface area contributed by atoms with Gasteiger partial charge >= 0.3 is 5.97 Å². The standard InChI is InChI=1S/C9H19NO3/c1-9(2,3)13-8(12)4-5-10-6-7-11/h10-11H,4-7H2,1-3H3. The summed E-state index contributed by atoms with van der Waals surface area (Å²) in [5.74, 6) is -0.210. The zero-order valence-electron chi connectivity index (χ0n) is 8.59. The molecule has 4 heteroatoms. The molecule has 2 N–H and O–H groups in total. The van der Waals surface area contributed by atoms with Crippen molar-refractivity contribution < 1.29 is 14.6 Å². The number of aliphatic hydroxyl groups is 1. The van der Waals surface area contributed by atoms with Gasteiger partial charge in [0.1, 0.15) is 5.60 Å². The maximum Gasteiger partial charge on any atom is 0.307 e. The lowest BCUT2D eigenvalue weighted by atomic mass is 10.2. The molecule has 0 saturated carbocycles. The van der Waals surface area contributed by atoms with Gasteiger partial charge in [0.2, 0.25) is 0 Å². The van der Waals surface area contributed by atoms with Crippen LogP contribution < -0.4 is 5.32 Å². The second-order valence-electron chi connectivity index (χ2n) is 3.81. The molecule has 0 spiro atoms. The van der Waals surface area contributed by atoms with Crippen LogP contribution in [0.25, 0.3) is 0 Å². The number of rotatable bonds is 5. The Kier molecular flexibility index (Phi) is 5.66. The molecule has 0 rings (SSSR count). The zero-order valence-corrected chi connectivity index (χ0v) is 8.59. The Morgan fingerprint density at radius 1 is 1.38 bits per heavy atom. The van der Waals surface area contributed by atoms with Gasteiger partial charge in [-0.25, -0.2) is 0 Å². The molecule has 0 unspecified atom stereocenters. The van der Waals surface area contributed by atoms with E-state index in [2.05, 4.69) is 5.32 Å². The van der Waals surface area contributed by atoms with E-state index in [-0.39, 0.29) is 12.6 Å². The van der Waals surface area contributed by atoms with Gasteiger partial charge in [0.05, 0.1) is 13.0 Å². The Morgan fingerprint density at radius 2 is 2.00 bits per heavy atom. The Hall–Kier alpha value is -0.610. The molecule has 0 fully saturated rings. The second-order valence-corrected chi connectivity index (χ2v) is 3.81. The number of esters is 1. The molecule has 0 aliphatic heterocycles. The Morgan fingerprint density at radius 3 is 2.46 bits per heavy atom. The van der Waals surface area contributed by atoms with Crippen molar-refractivity contribution in [3.8, 4) is 0 Å². The molecular weight excluding hydrogens is 170 g/mol. The normalized spacial score (nSPS) is 11.4. The van der Waals surface area contributed by atoms with Crippen LogP contribution in [0.3, 0.4) is 0 Å². The number of hydrogen-bond acceptors (Lipinski definition) is 4. The van der Waals surface area contributed by atoms with Gasteiger partial charge in [-0.1, -0.05) is 0 Å². The summed E-state index contributed by atoms with van der Waals surface area (Å²) >= 11 is 0. The van der Waals surface area contributed by atoms with E-state index >= 15 is 0 Å². The number of nitrogens with one attached hydrogen (secondary N) is 1. The highest BCUT2D eigenvalue weighted by atomic mass is 16.6. The first-order valence-corrected chi connectivity index (χ1v) is 4.49. The van der Waals surface area contributed by atoms with Gasteiger partial charge in [0, 0.05) is 13.1 Å². The van der Waals surface area contributed by atoms with Crippen molar-refractivity contribution in [2.24, 2.45) is 0 Å². The minimum Gasteiger partial charge on any atom is -0.460 e. The summed E-state index contributed by atoms with van der Waals surface area (Å²) in [6.45, 7) is 6.68. The van der Waals surface area contributed by atoms with Gasteiger partial charge < -0.3 is 15.2 Å². The molecule has 0 aromatic heterocycles. The first kappa shape index (κ1) is 12.4. The minimum absolute atomic E-state index is 0.0916.